The molecule has 0 aliphatic carbocycles. The quantitative estimate of drug-likeness (QED) is 0.0420. The first-order valence-corrected chi connectivity index (χ1v) is 31.5. The zero-order valence-electron chi connectivity index (χ0n) is 47.3. The first-order valence-electron chi connectivity index (χ1n) is 31.5. The molecule has 1 amide bonds. The van der Waals surface area contributed by atoms with Gasteiger partial charge in [-0.25, -0.2) is 0 Å². The van der Waals surface area contributed by atoms with Crippen molar-refractivity contribution in [2.45, 2.75) is 347 Å². The SMILES string of the molecule is CC/C=C\C/C=C\C/C=C\C/C=C\C/C=C\CCCCCCCCCCCCCCCCCCCCCCCC(=O)NC(CO)C(O)CCCCCCCCCCCCCCCCCCCCCCC. The minimum absolute atomic E-state index is 0.0255. The second kappa shape index (κ2) is 61.4. The third-order valence-corrected chi connectivity index (χ3v) is 14.5. The fourth-order valence-corrected chi connectivity index (χ4v) is 9.80. The van der Waals surface area contributed by atoms with E-state index in [-0.39, 0.29) is 12.5 Å². The van der Waals surface area contributed by atoms with Crippen LogP contribution in [0.2, 0.25) is 0 Å². The second-order valence-corrected chi connectivity index (χ2v) is 21.5. The van der Waals surface area contributed by atoms with Gasteiger partial charge in [-0.1, -0.05) is 331 Å². The van der Waals surface area contributed by atoms with Crippen molar-refractivity contribution < 1.29 is 15.0 Å². The van der Waals surface area contributed by atoms with Crippen LogP contribution in [0.4, 0.5) is 0 Å². The van der Waals surface area contributed by atoms with Crippen molar-refractivity contribution in [3.63, 3.8) is 0 Å². The van der Waals surface area contributed by atoms with E-state index in [2.05, 4.69) is 79.9 Å². The number of hydrogen-bond acceptors (Lipinski definition) is 3. The number of carbonyl (C=O) groups excluding carboxylic acids is 1. The van der Waals surface area contributed by atoms with Gasteiger partial charge in [0.2, 0.25) is 5.91 Å². The second-order valence-electron chi connectivity index (χ2n) is 21.5. The summed E-state index contributed by atoms with van der Waals surface area (Å²) in [6.07, 6.45) is 86.7. The molecular weight excluding hydrogens is 855 g/mol. The molecule has 70 heavy (non-hydrogen) atoms. The molecular formula is C66H123NO3. The van der Waals surface area contributed by atoms with E-state index in [4.69, 9.17) is 0 Å². The Balaban J connectivity index is 3.41. The molecule has 0 aliphatic heterocycles. The predicted octanol–water partition coefficient (Wildman–Crippen LogP) is 21.2. The number of rotatable bonds is 58. The molecule has 410 valence electrons. The molecule has 0 radical (unpaired) electrons. The van der Waals surface area contributed by atoms with Gasteiger partial charge in [0, 0.05) is 6.42 Å². The van der Waals surface area contributed by atoms with Crippen LogP contribution in [0.1, 0.15) is 335 Å². The summed E-state index contributed by atoms with van der Waals surface area (Å²) < 4.78 is 0. The number of hydrogen-bond donors (Lipinski definition) is 3. The van der Waals surface area contributed by atoms with Crippen molar-refractivity contribution >= 4 is 5.91 Å². The highest BCUT2D eigenvalue weighted by atomic mass is 16.3. The number of aliphatic hydroxyl groups excluding tert-OH is 2. The van der Waals surface area contributed by atoms with Crippen LogP contribution >= 0.6 is 0 Å². The van der Waals surface area contributed by atoms with Gasteiger partial charge in [0.15, 0.2) is 0 Å². The van der Waals surface area contributed by atoms with E-state index < -0.39 is 12.1 Å². The van der Waals surface area contributed by atoms with E-state index >= 15 is 0 Å². The van der Waals surface area contributed by atoms with E-state index in [0.29, 0.717) is 12.8 Å². The summed E-state index contributed by atoms with van der Waals surface area (Å²) in [7, 11) is 0. The first kappa shape index (κ1) is 68.1. The maximum atomic E-state index is 12.5. The average Bonchev–Trinajstić information content (AvgIpc) is 3.36. The summed E-state index contributed by atoms with van der Waals surface area (Å²) in [4.78, 5) is 12.5. The molecule has 0 spiro atoms. The predicted molar refractivity (Wildman–Crippen MR) is 313 cm³/mol. The van der Waals surface area contributed by atoms with Gasteiger partial charge in [-0.05, 0) is 57.8 Å². The van der Waals surface area contributed by atoms with Gasteiger partial charge in [-0.15, -0.1) is 0 Å². The van der Waals surface area contributed by atoms with Gasteiger partial charge in [-0.2, -0.15) is 0 Å². The first-order chi connectivity index (χ1) is 34.7. The third kappa shape index (κ3) is 57.0. The maximum Gasteiger partial charge on any atom is 0.220 e. The van der Waals surface area contributed by atoms with E-state index in [1.54, 1.807) is 0 Å². The molecule has 0 saturated carbocycles. The number of unbranched alkanes of at least 4 members (excludes halogenated alkanes) is 41. The number of amides is 1. The monoisotopic (exact) mass is 978 g/mol. The summed E-state index contributed by atoms with van der Waals surface area (Å²) in [5.41, 5.74) is 0. The Morgan fingerprint density at radius 2 is 0.629 bits per heavy atom. The molecule has 0 saturated heterocycles. The molecule has 0 heterocycles. The van der Waals surface area contributed by atoms with Gasteiger partial charge in [0.05, 0.1) is 18.8 Å². The lowest BCUT2D eigenvalue weighted by Crippen LogP contribution is -2.45. The molecule has 2 atom stereocenters. The largest absolute Gasteiger partial charge is 0.394 e. The Bertz CT molecular complexity index is 1150. The summed E-state index contributed by atoms with van der Waals surface area (Å²) in [5.74, 6) is -0.0255. The Morgan fingerprint density at radius 3 is 0.943 bits per heavy atom. The maximum absolute atomic E-state index is 12.5. The lowest BCUT2D eigenvalue weighted by molar-refractivity contribution is -0.123. The van der Waals surface area contributed by atoms with Crippen molar-refractivity contribution in [2.75, 3.05) is 6.61 Å². The topological polar surface area (TPSA) is 69.6 Å². The Labute approximate surface area is 438 Å². The standard InChI is InChI=1S/C66H123NO3/c1-3-5-7-9-11-13-15-17-19-21-23-25-26-27-28-29-30-31-32-33-34-35-36-37-38-39-40-42-44-46-48-50-52-54-56-58-60-62-66(70)67-64(63-68)65(69)61-59-57-55-53-51-49-47-45-43-41-24-22-20-18-16-14-12-10-8-6-4-2/h5,7,11,13,17,19,23,25,27-28,64-65,68-69H,3-4,6,8-10,12,14-16,18,20-22,24,26,29-63H2,1-2H3,(H,67,70)/b7-5-,13-11-,19-17-,25-23-,28-27-. The van der Waals surface area contributed by atoms with Crippen LogP contribution in [0.25, 0.3) is 0 Å². The van der Waals surface area contributed by atoms with E-state index in [1.165, 1.54) is 250 Å². The fourth-order valence-electron chi connectivity index (χ4n) is 9.80. The summed E-state index contributed by atoms with van der Waals surface area (Å²) in [6.45, 7) is 4.28. The molecule has 0 aromatic rings. The molecule has 0 aromatic heterocycles. The minimum Gasteiger partial charge on any atom is -0.394 e. The van der Waals surface area contributed by atoms with Gasteiger partial charge in [-0.3, -0.25) is 4.79 Å². The molecule has 3 N–H and O–H groups in total. The highest BCUT2D eigenvalue weighted by Crippen LogP contribution is 2.18. The minimum atomic E-state index is -0.660. The molecule has 0 fully saturated rings. The smallest absolute Gasteiger partial charge is 0.220 e. The Kier molecular flexibility index (Phi) is 59.7. The van der Waals surface area contributed by atoms with Crippen LogP contribution in [0.15, 0.2) is 60.8 Å². The lowest BCUT2D eigenvalue weighted by Gasteiger charge is -2.22. The van der Waals surface area contributed by atoms with Gasteiger partial charge < -0.3 is 15.5 Å². The molecule has 2 unspecified atom stereocenters. The fraction of sp³-hybridized carbons (Fsp3) is 0.833. The molecule has 0 aliphatic rings. The zero-order chi connectivity index (χ0) is 50.6. The van der Waals surface area contributed by atoms with Gasteiger partial charge in [0.25, 0.3) is 0 Å². The van der Waals surface area contributed by atoms with Crippen molar-refractivity contribution in [3.8, 4) is 0 Å². The highest BCUT2D eigenvalue weighted by molar-refractivity contribution is 5.76. The number of aliphatic hydroxyl groups is 2. The van der Waals surface area contributed by atoms with Crippen LogP contribution in [-0.2, 0) is 4.79 Å². The number of carbonyl (C=O) groups is 1. The molecule has 0 aromatic carbocycles. The van der Waals surface area contributed by atoms with Crippen molar-refractivity contribution in [1.29, 1.82) is 0 Å². The van der Waals surface area contributed by atoms with Crippen molar-refractivity contribution in [1.82, 2.24) is 5.32 Å². The van der Waals surface area contributed by atoms with E-state index in [0.717, 1.165) is 57.8 Å². The van der Waals surface area contributed by atoms with Crippen LogP contribution in [-0.4, -0.2) is 34.9 Å². The van der Waals surface area contributed by atoms with Crippen molar-refractivity contribution in [2.24, 2.45) is 0 Å². The number of allylic oxidation sites excluding steroid dienone is 10. The summed E-state index contributed by atoms with van der Waals surface area (Å²) >= 11 is 0. The molecule has 4 nitrogen and oxygen atoms in total. The van der Waals surface area contributed by atoms with Crippen molar-refractivity contribution in [3.05, 3.63) is 60.8 Å². The van der Waals surface area contributed by atoms with Crippen LogP contribution in [0, 0.1) is 0 Å². The van der Waals surface area contributed by atoms with E-state index in [1.807, 2.05) is 0 Å². The molecule has 4 heteroatoms. The average molecular weight is 979 g/mol. The number of nitrogens with one attached hydrogen (secondary N) is 1. The van der Waals surface area contributed by atoms with Crippen LogP contribution in [0.5, 0.6) is 0 Å². The van der Waals surface area contributed by atoms with Crippen LogP contribution < -0.4 is 5.32 Å². The Hall–Kier alpha value is -1.91. The van der Waals surface area contributed by atoms with Crippen LogP contribution in [0.3, 0.4) is 0 Å². The van der Waals surface area contributed by atoms with Gasteiger partial charge >= 0.3 is 0 Å². The summed E-state index contributed by atoms with van der Waals surface area (Å²) in [5, 5.41) is 23.4. The molecule has 0 bridgehead atoms. The Morgan fingerprint density at radius 1 is 0.357 bits per heavy atom. The third-order valence-electron chi connectivity index (χ3n) is 14.5. The van der Waals surface area contributed by atoms with E-state index in [9.17, 15) is 15.0 Å². The highest BCUT2D eigenvalue weighted by Gasteiger charge is 2.20. The molecule has 0 rings (SSSR count). The normalized spacial score (nSPS) is 13.1. The van der Waals surface area contributed by atoms with Gasteiger partial charge in [0.1, 0.15) is 0 Å². The lowest BCUT2D eigenvalue weighted by atomic mass is 10.0. The summed E-state index contributed by atoms with van der Waals surface area (Å²) in [6, 6.07) is -0.537. The zero-order valence-corrected chi connectivity index (χ0v) is 47.3.